The first-order chi connectivity index (χ1) is 16.5. The lowest BCUT2D eigenvalue weighted by Crippen LogP contribution is -2.35. The maximum absolute atomic E-state index is 12.6. The minimum atomic E-state index is -0.580. The topological polar surface area (TPSA) is 110 Å². The van der Waals surface area contributed by atoms with Crippen molar-refractivity contribution in [2.45, 2.75) is 12.8 Å². The van der Waals surface area contributed by atoms with E-state index >= 15 is 0 Å². The van der Waals surface area contributed by atoms with Gasteiger partial charge < -0.3 is 20.7 Å². The van der Waals surface area contributed by atoms with Crippen molar-refractivity contribution in [3.8, 4) is 0 Å². The molecule has 4 rings (SSSR count). The summed E-state index contributed by atoms with van der Waals surface area (Å²) < 4.78 is 5.48. The van der Waals surface area contributed by atoms with E-state index in [9.17, 15) is 9.59 Å². The summed E-state index contributed by atoms with van der Waals surface area (Å²) in [4.78, 5) is 31.4. The van der Waals surface area contributed by atoms with Crippen LogP contribution in [-0.2, 0) is 4.74 Å². The van der Waals surface area contributed by atoms with E-state index in [1.807, 2.05) is 12.1 Å². The van der Waals surface area contributed by atoms with Gasteiger partial charge in [-0.25, -0.2) is 4.79 Å². The number of benzene rings is 2. The molecule has 8 nitrogen and oxygen atoms in total. The van der Waals surface area contributed by atoms with Gasteiger partial charge >= 0.3 is 6.09 Å². The molecule has 34 heavy (non-hydrogen) atoms. The molecule has 1 aliphatic rings. The SMILES string of the molecule is Nc1ccc(NC(=O)OCC2CCN(c3ccncc3)CC2)c(NC(=O)c2ccc(Cl)cc2)c1. The van der Waals surface area contributed by atoms with Gasteiger partial charge in [0.15, 0.2) is 0 Å². The molecule has 0 aliphatic carbocycles. The van der Waals surface area contributed by atoms with E-state index in [4.69, 9.17) is 22.1 Å². The summed E-state index contributed by atoms with van der Waals surface area (Å²) in [5.41, 5.74) is 8.69. The van der Waals surface area contributed by atoms with Crippen molar-refractivity contribution >= 4 is 46.4 Å². The molecule has 2 heterocycles. The van der Waals surface area contributed by atoms with Crippen molar-refractivity contribution in [1.82, 2.24) is 4.98 Å². The summed E-state index contributed by atoms with van der Waals surface area (Å²) in [6, 6.07) is 15.3. The van der Waals surface area contributed by atoms with Gasteiger partial charge in [0.2, 0.25) is 0 Å². The molecule has 1 aliphatic heterocycles. The number of nitrogen functional groups attached to an aromatic ring is 1. The predicted octanol–water partition coefficient (Wildman–Crippen LogP) is 5.03. The van der Waals surface area contributed by atoms with Crippen LogP contribution in [0, 0.1) is 5.92 Å². The zero-order valence-corrected chi connectivity index (χ0v) is 19.3. The molecule has 9 heteroatoms. The Balaban J connectivity index is 1.30. The summed E-state index contributed by atoms with van der Waals surface area (Å²) in [6.07, 6.45) is 4.86. The van der Waals surface area contributed by atoms with E-state index in [2.05, 4.69) is 20.5 Å². The fourth-order valence-electron chi connectivity index (χ4n) is 3.82. The van der Waals surface area contributed by atoms with Crippen LogP contribution in [0.4, 0.5) is 27.5 Å². The first-order valence-corrected chi connectivity index (χ1v) is 11.4. The molecular formula is C25H26ClN5O3. The zero-order valence-electron chi connectivity index (χ0n) is 18.5. The second kappa shape index (κ2) is 10.9. The number of carbonyl (C=O) groups is 2. The van der Waals surface area contributed by atoms with Crippen molar-refractivity contribution in [3.05, 3.63) is 77.6 Å². The fourth-order valence-corrected chi connectivity index (χ4v) is 3.95. The Hall–Kier alpha value is -3.78. The molecule has 0 bridgehead atoms. The highest BCUT2D eigenvalue weighted by molar-refractivity contribution is 6.30. The highest BCUT2D eigenvalue weighted by Crippen LogP contribution is 2.26. The van der Waals surface area contributed by atoms with Gasteiger partial charge in [-0.15, -0.1) is 0 Å². The Bertz CT molecular complexity index is 1130. The van der Waals surface area contributed by atoms with Gasteiger partial charge in [0.1, 0.15) is 0 Å². The fraction of sp³-hybridized carbons (Fsp3) is 0.240. The molecule has 0 saturated carbocycles. The first-order valence-electron chi connectivity index (χ1n) is 11.0. The van der Waals surface area contributed by atoms with Gasteiger partial charge in [-0.3, -0.25) is 15.1 Å². The van der Waals surface area contributed by atoms with Crippen molar-refractivity contribution in [3.63, 3.8) is 0 Å². The molecule has 1 aromatic heterocycles. The lowest BCUT2D eigenvalue weighted by atomic mass is 9.97. The molecule has 176 valence electrons. The average Bonchev–Trinajstić information content (AvgIpc) is 2.85. The lowest BCUT2D eigenvalue weighted by Gasteiger charge is -2.33. The number of nitrogens with zero attached hydrogens (tertiary/aromatic N) is 2. The molecule has 1 saturated heterocycles. The Labute approximate surface area is 203 Å². The number of anilines is 4. The number of aromatic nitrogens is 1. The molecule has 0 radical (unpaired) electrons. The van der Waals surface area contributed by atoms with E-state index in [1.54, 1.807) is 54.9 Å². The van der Waals surface area contributed by atoms with E-state index in [1.165, 1.54) is 0 Å². The molecule has 4 N–H and O–H groups in total. The average molecular weight is 480 g/mol. The van der Waals surface area contributed by atoms with E-state index in [-0.39, 0.29) is 5.91 Å². The minimum Gasteiger partial charge on any atom is -0.449 e. The summed E-state index contributed by atoms with van der Waals surface area (Å²) in [7, 11) is 0. The molecule has 3 aromatic rings. The monoisotopic (exact) mass is 479 g/mol. The number of hydrogen-bond acceptors (Lipinski definition) is 6. The number of carbonyl (C=O) groups excluding carboxylic acids is 2. The van der Waals surface area contributed by atoms with Gasteiger partial charge in [0.25, 0.3) is 5.91 Å². The zero-order chi connectivity index (χ0) is 23.9. The minimum absolute atomic E-state index is 0.291. The number of amides is 2. The van der Waals surface area contributed by atoms with Gasteiger partial charge in [-0.2, -0.15) is 0 Å². The second-order valence-electron chi connectivity index (χ2n) is 8.13. The molecule has 2 aromatic carbocycles. The Morgan fingerprint density at radius 2 is 1.71 bits per heavy atom. The third-order valence-electron chi connectivity index (χ3n) is 5.73. The number of pyridine rings is 1. The van der Waals surface area contributed by atoms with Crippen LogP contribution >= 0.6 is 11.6 Å². The number of ether oxygens (including phenoxy) is 1. The number of piperidine rings is 1. The number of nitrogens with two attached hydrogens (primary N) is 1. The van der Waals surface area contributed by atoms with Crippen LogP contribution in [0.3, 0.4) is 0 Å². The smallest absolute Gasteiger partial charge is 0.411 e. The number of rotatable bonds is 6. The molecule has 0 atom stereocenters. The van der Waals surface area contributed by atoms with Crippen LogP contribution in [0.2, 0.25) is 5.02 Å². The third-order valence-corrected chi connectivity index (χ3v) is 5.98. The largest absolute Gasteiger partial charge is 0.449 e. The summed E-state index contributed by atoms with van der Waals surface area (Å²) in [5, 5.41) is 6.02. The van der Waals surface area contributed by atoms with E-state index in [0.717, 1.165) is 31.6 Å². The quantitative estimate of drug-likeness (QED) is 0.427. The highest BCUT2D eigenvalue weighted by Gasteiger charge is 2.21. The maximum Gasteiger partial charge on any atom is 0.411 e. The van der Waals surface area contributed by atoms with Crippen LogP contribution in [0.1, 0.15) is 23.2 Å². The molecule has 1 fully saturated rings. The molecule has 2 amide bonds. The predicted molar refractivity (Wildman–Crippen MR) is 134 cm³/mol. The van der Waals surface area contributed by atoms with Crippen molar-refractivity contribution < 1.29 is 14.3 Å². The van der Waals surface area contributed by atoms with Crippen molar-refractivity contribution in [1.29, 1.82) is 0 Å². The van der Waals surface area contributed by atoms with Gasteiger partial charge in [-0.05, 0) is 73.4 Å². The Kier molecular flexibility index (Phi) is 7.49. The van der Waals surface area contributed by atoms with Gasteiger partial charge in [-0.1, -0.05) is 11.6 Å². The van der Waals surface area contributed by atoms with Crippen molar-refractivity contribution in [2.75, 3.05) is 41.0 Å². The van der Waals surface area contributed by atoms with Crippen LogP contribution in [-0.4, -0.2) is 36.7 Å². The summed E-state index contributed by atoms with van der Waals surface area (Å²) >= 11 is 5.89. The third kappa shape index (κ3) is 6.17. The van der Waals surface area contributed by atoms with Crippen LogP contribution in [0.5, 0.6) is 0 Å². The van der Waals surface area contributed by atoms with Crippen LogP contribution < -0.4 is 21.3 Å². The molecule has 0 unspecified atom stereocenters. The first kappa shape index (κ1) is 23.4. The number of nitrogens with one attached hydrogen (secondary N) is 2. The molecule has 0 spiro atoms. The van der Waals surface area contributed by atoms with E-state index in [0.29, 0.717) is 40.2 Å². The van der Waals surface area contributed by atoms with Gasteiger partial charge in [0, 0.05) is 47.4 Å². The lowest BCUT2D eigenvalue weighted by molar-refractivity contribution is 0.102. The summed E-state index contributed by atoms with van der Waals surface area (Å²) in [6.45, 7) is 2.13. The summed E-state index contributed by atoms with van der Waals surface area (Å²) in [5.74, 6) is -0.0565. The maximum atomic E-state index is 12.6. The normalized spacial score (nSPS) is 13.9. The van der Waals surface area contributed by atoms with Gasteiger partial charge in [0.05, 0.1) is 18.0 Å². The second-order valence-corrected chi connectivity index (χ2v) is 8.56. The van der Waals surface area contributed by atoms with Crippen LogP contribution in [0.15, 0.2) is 67.0 Å². The standard InChI is InChI=1S/C25H26ClN5O3/c26-19-3-1-18(2-4-19)24(32)29-23-15-20(27)5-6-22(23)30-25(33)34-16-17-9-13-31(14-10-17)21-7-11-28-12-8-21/h1-8,11-12,15,17H,9-10,13-14,16,27H2,(H,29,32)(H,30,33). The number of halogens is 1. The highest BCUT2D eigenvalue weighted by atomic mass is 35.5. The Morgan fingerprint density at radius 3 is 2.41 bits per heavy atom. The van der Waals surface area contributed by atoms with Crippen LogP contribution in [0.25, 0.3) is 0 Å². The number of hydrogen-bond donors (Lipinski definition) is 3. The van der Waals surface area contributed by atoms with E-state index < -0.39 is 6.09 Å². The Morgan fingerprint density at radius 1 is 1.00 bits per heavy atom. The van der Waals surface area contributed by atoms with Crippen molar-refractivity contribution in [2.24, 2.45) is 5.92 Å². The molecular weight excluding hydrogens is 454 g/mol.